The average molecular weight is 483 g/mol. The third kappa shape index (κ3) is 5.02. The number of aromatic amines is 1. The van der Waals surface area contributed by atoms with Gasteiger partial charge in [0.05, 0.1) is 22.7 Å². The lowest BCUT2D eigenvalue weighted by Gasteiger charge is -2.32. The van der Waals surface area contributed by atoms with Gasteiger partial charge in [0.2, 0.25) is 5.95 Å². The minimum atomic E-state index is 0.0148. The molecule has 2 aromatic heterocycles. The normalized spacial score (nSPS) is 19.2. The van der Waals surface area contributed by atoms with E-state index in [2.05, 4.69) is 25.3 Å². The Labute approximate surface area is 194 Å². The SMILES string of the molecule is Clc1cc(Cl)c(OC2CC2)c(CNOC2CCCN(c3nc4nc(Cl)ccc4[nH]3)C2)c1. The van der Waals surface area contributed by atoms with E-state index < -0.39 is 0 Å². The smallest absolute Gasteiger partial charge is 0.205 e. The molecule has 1 aliphatic heterocycles. The second-order valence-electron chi connectivity index (χ2n) is 7.91. The van der Waals surface area contributed by atoms with Crippen LogP contribution in [0.1, 0.15) is 31.2 Å². The van der Waals surface area contributed by atoms with Gasteiger partial charge in [-0.1, -0.05) is 34.8 Å². The highest BCUT2D eigenvalue weighted by molar-refractivity contribution is 6.35. The number of imidazole rings is 1. The number of hydrogen-bond acceptors (Lipinski definition) is 6. The summed E-state index contributed by atoms with van der Waals surface area (Å²) in [4.78, 5) is 20.3. The van der Waals surface area contributed by atoms with Crippen LogP contribution in [0, 0.1) is 0 Å². The van der Waals surface area contributed by atoms with Crippen molar-refractivity contribution >= 4 is 51.9 Å². The first-order valence-electron chi connectivity index (χ1n) is 10.4. The Morgan fingerprint density at radius 1 is 1.10 bits per heavy atom. The van der Waals surface area contributed by atoms with Gasteiger partial charge < -0.3 is 14.6 Å². The zero-order chi connectivity index (χ0) is 21.4. The van der Waals surface area contributed by atoms with Crippen LogP contribution < -0.4 is 15.1 Å². The predicted molar refractivity (Wildman–Crippen MR) is 122 cm³/mol. The molecule has 1 saturated heterocycles. The summed E-state index contributed by atoms with van der Waals surface area (Å²) >= 11 is 18.5. The van der Waals surface area contributed by atoms with E-state index in [9.17, 15) is 0 Å². The van der Waals surface area contributed by atoms with Crippen molar-refractivity contribution in [2.24, 2.45) is 0 Å². The van der Waals surface area contributed by atoms with Crippen LogP contribution in [-0.4, -0.2) is 40.2 Å². The summed E-state index contributed by atoms with van der Waals surface area (Å²) < 4.78 is 5.97. The summed E-state index contributed by atoms with van der Waals surface area (Å²) in [7, 11) is 0. The molecule has 5 rings (SSSR count). The first kappa shape index (κ1) is 21.1. The van der Waals surface area contributed by atoms with E-state index in [1.54, 1.807) is 12.1 Å². The zero-order valence-electron chi connectivity index (χ0n) is 16.7. The fraction of sp³-hybridized carbons (Fsp3) is 0.429. The highest BCUT2D eigenvalue weighted by Gasteiger charge is 2.27. The number of benzene rings is 1. The van der Waals surface area contributed by atoms with Gasteiger partial charge in [-0.2, -0.15) is 10.5 Å². The van der Waals surface area contributed by atoms with E-state index in [0.717, 1.165) is 49.3 Å². The Balaban J connectivity index is 1.21. The molecule has 164 valence electrons. The first-order valence-corrected chi connectivity index (χ1v) is 11.5. The number of hydroxylamine groups is 1. The molecule has 1 saturated carbocycles. The van der Waals surface area contributed by atoms with Crippen LogP contribution in [0.3, 0.4) is 0 Å². The number of piperidine rings is 1. The van der Waals surface area contributed by atoms with Gasteiger partial charge >= 0.3 is 0 Å². The maximum atomic E-state index is 6.36. The van der Waals surface area contributed by atoms with Gasteiger partial charge in [0, 0.05) is 30.2 Å². The van der Waals surface area contributed by atoms with Crippen LogP contribution in [0.2, 0.25) is 15.2 Å². The summed E-state index contributed by atoms with van der Waals surface area (Å²) in [6.07, 6.45) is 4.33. The Bertz CT molecular complexity index is 1090. The van der Waals surface area contributed by atoms with Gasteiger partial charge in [0.25, 0.3) is 0 Å². The molecule has 1 aliphatic carbocycles. The highest BCUT2D eigenvalue weighted by Crippen LogP contribution is 2.37. The van der Waals surface area contributed by atoms with E-state index >= 15 is 0 Å². The molecule has 2 N–H and O–H groups in total. The van der Waals surface area contributed by atoms with E-state index in [0.29, 0.717) is 39.7 Å². The van der Waals surface area contributed by atoms with E-state index in [1.165, 1.54) is 0 Å². The summed E-state index contributed by atoms with van der Waals surface area (Å²) in [5.41, 5.74) is 5.45. The monoisotopic (exact) mass is 481 g/mol. The van der Waals surface area contributed by atoms with Crippen LogP contribution in [-0.2, 0) is 11.4 Å². The Morgan fingerprint density at radius 2 is 1.97 bits per heavy atom. The molecule has 2 fully saturated rings. The summed E-state index contributed by atoms with van der Waals surface area (Å²) in [5, 5.41) is 1.53. The van der Waals surface area contributed by atoms with E-state index in [-0.39, 0.29) is 12.2 Å². The number of halogens is 3. The largest absolute Gasteiger partial charge is 0.489 e. The Hall–Kier alpha value is -1.77. The fourth-order valence-corrected chi connectivity index (χ4v) is 4.42. The van der Waals surface area contributed by atoms with Crippen molar-refractivity contribution in [3.05, 3.63) is 45.0 Å². The van der Waals surface area contributed by atoms with Gasteiger partial charge in [-0.3, -0.25) is 4.84 Å². The zero-order valence-corrected chi connectivity index (χ0v) is 19.0. The van der Waals surface area contributed by atoms with Gasteiger partial charge in [-0.05, 0) is 49.9 Å². The maximum absolute atomic E-state index is 6.36. The molecule has 1 aromatic carbocycles. The number of pyridine rings is 1. The predicted octanol–water partition coefficient (Wildman–Crippen LogP) is 5.15. The Morgan fingerprint density at radius 3 is 2.81 bits per heavy atom. The molecule has 2 aliphatic rings. The second kappa shape index (κ2) is 9.00. The molecule has 31 heavy (non-hydrogen) atoms. The lowest BCUT2D eigenvalue weighted by molar-refractivity contribution is -0.0344. The van der Waals surface area contributed by atoms with Crippen LogP contribution in [0.5, 0.6) is 5.75 Å². The summed E-state index contributed by atoms with van der Waals surface area (Å²) in [6.45, 7) is 2.06. The first-order chi connectivity index (χ1) is 15.0. The van der Waals surface area contributed by atoms with Gasteiger partial charge in [0.15, 0.2) is 5.65 Å². The molecule has 0 bridgehead atoms. The molecule has 3 aromatic rings. The molecule has 0 radical (unpaired) electrons. The number of rotatable bonds is 7. The maximum Gasteiger partial charge on any atom is 0.205 e. The number of hydrogen-bond donors (Lipinski definition) is 2. The van der Waals surface area contributed by atoms with Gasteiger partial charge in [-0.15, -0.1) is 0 Å². The van der Waals surface area contributed by atoms with Crippen molar-refractivity contribution in [1.29, 1.82) is 0 Å². The third-order valence-electron chi connectivity index (χ3n) is 5.38. The van der Waals surface area contributed by atoms with Crippen LogP contribution in [0.15, 0.2) is 24.3 Å². The highest BCUT2D eigenvalue weighted by atomic mass is 35.5. The molecular weight excluding hydrogens is 461 g/mol. The standard InChI is InChI=1S/C21H22Cl3N5O2/c22-13-8-12(19(16(23)9-13)30-14-3-4-14)10-25-31-15-2-1-7-29(11-15)21-26-17-5-6-18(24)27-20(17)28-21/h5-6,8-9,14-15,25H,1-4,7,10-11H2,(H,26,27,28). The van der Waals surface area contributed by atoms with Crippen molar-refractivity contribution in [2.45, 2.75) is 44.4 Å². The number of anilines is 1. The molecule has 10 heteroatoms. The second-order valence-corrected chi connectivity index (χ2v) is 9.14. The van der Waals surface area contributed by atoms with E-state index in [1.807, 2.05) is 12.1 Å². The minimum Gasteiger partial charge on any atom is -0.489 e. The van der Waals surface area contributed by atoms with Crippen molar-refractivity contribution in [3.8, 4) is 5.75 Å². The third-order valence-corrected chi connectivity index (χ3v) is 6.09. The quantitative estimate of drug-likeness (QED) is 0.358. The lowest BCUT2D eigenvalue weighted by atomic mass is 10.1. The lowest BCUT2D eigenvalue weighted by Crippen LogP contribution is -2.42. The van der Waals surface area contributed by atoms with Gasteiger partial charge in [-0.25, -0.2) is 4.98 Å². The molecule has 3 heterocycles. The van der Waals surface area contributed by atoms with Crippen LogP contribution in [0.4, 0.5) is 5.95 Å². The molecule has 0 amide bonds. The number of fused-ring (bicyclic) bond motifs is 1. The molecule has 1 atom stereocenters. The van der Waals surface area contributed by atoms with E-state index in [4.69, 9.17) is 44.4 Å². The number of aromatic nitrogens is 3. The molecule has 1 unspecified atom stereocenters. The Kier molecular flexibility index (Phi) is 6.12. The number of nitrogens with one attached hydrogen (secondary N) is 2. The van der Waals surface area contributed by atoms with Crippen LogP contribution >= 0.6 is 34.8 Å². The fourth-order valence-electron chi connectivity index (χ4n) is 3.70. The number of ether oxygens (including phenoxy) is 1. The molecule has 0 spiro atoms. The minimum absolute atomic E-state index is 0.0148. The summed E-state index contributed by atoms with van der Waals surface area (Å²) in [6, 6.07) is 7.21. The van der Waals surface area contributed by atoms with Crippen molar-refractivity contribution in [1.82, 2.24) is 20.4 Å². The van der Waals surface area contributed by atoms with Crippen molar-refractivity contribution < 1.29 is 9.57 Å². The topological polar surface area (TPSA) is 75.3 Å². The van der Waals surface area contributed by atoms with Crippen molar-refractivity contribution in [2.75, 3.05) is 18.0 Å². The summed E-state index contributed by atoms with van der Waals surface area (Å²) in [5.74, 6) is 1.46. The average Bonchev–Trinajstić information content (AvgIpc) is 3.47. The number of H-pyrrole nitrogens is 1. The molecular formula is C21H22Cl3N5O2. The molecule has 7 nitrogen and oxygen atoms in total. The number of nitrogens with zero attached hydrogens (tertiary/aromatic N) is 3. The van der Waals surface area contributed by atoms with Gasteiger partial charge in [0.1, 0.15) is 10.9 Å². The van der Waals surface area contributed by atoms with Crippen molar-refractivity contribution in [3.63, 3.8) is 0 Å². The van der Waals surface area contributed by atoms with Crippen LogP contribution in [0.25, 0.3) is 11.2 Å².